The fraction of sp³-hybridized carbons (Fsp3) is 0.154. The summed E-state index contributed by atoms with van der Waals surface area (Å²) in [6, 6.07) is 7.91. The van der Waals surface area contributed by atoms with Crippen molar-refractivity contribution in [2.24, 2.45) is 0 Å². The third-order valence-corrected chi connectivity index (χ3v) is 2.76. The van der Waals surface area contributed by atoms with Gasteiger partial charge in [0.15, 0.2) is 0 Å². The number of nitrogens with one attached hydrogen (secondary N) is 1. The first-order valence-electron chi connectivity index (χ1n) is 5.45. The predicted molar refractivity (Wildman–Crippen MR) is 71.1 cm³/mol. The van der Waals surface area contributed by atoms with E-state index in [0.717, 1.165) is 11.3 Å². The number of aromatic nitrogens is 1. The Balaban J connectivity index is 2.16. The average molecular weight is 265 g/mol. The highest BCUT2D eigenvalue weighted by atomic mass is 35.5. The van der Waals surface area contributed by atoms with Gasteiger partial charge < -0.3 is 15.5 Å². The molecule has 0 aliphatic carbocycles. The van der Waals surface area contributed by atoms with Crippen LogP contribution in [0.2, 0.25) is 5.15 Å². The summed E-state index contributed by atoms with van der Waals surface area (Å²) in [5, 5.41) is 22.5. The molecule has 18 heavy (non-hydrogen) atoms. The minimum atomic E-state index is -0.0778. The van der Waals surface area contributed by atoms with Crippen LogP contribution in [-0.4, -0.2) is 15.2 Å². The van der Waals surface area contributed by atoms with Gasteiger partial charge in [0.2, 0.25) is 0 Å². The molecule has 0 radical (unpaired) electrons. The van der Waals surface area contributed by atoms with Gasteiger partial charge in [0.1, 0.15) is 16.7 Å². The van der Waals surface area contributed by atoms with Gasteiger partial charge in [0.05, 0.1) is 11.9 Å². The van der Waals surface area contributed by atoms with Crippen LogP contribution in [0.1, 0.15) is 18.5 Å². The molecule has 2 rings (SSSR count). The van der Waals surface area contributed by atoms with E-state index in [1.54, 1.807) is 24.4 Å². The number of phenols is 2. The zero-order valence-electron chi connectivity index (χ0n) is 9.76. The fourth-order valence-corrected chi connectivity index (χ4v) is 1.77. The van der Waals surface area contributed by atoms with Gasteiger partial charge in [0.25, 0.3) is 0 Å². The summed E-state index contributed by atoms with van der Waals surface area (Å²) < 4.78 is 0. The highest BCUT2D eigenvalue weighted by molar-refractivity contribution is 6.29. The largest absolute Gasteiger partial charge is 0.508 e. The van der Waals surface area contributed by atoms with Gasteiger partial charge in [-0.15, -0.1) is 0 Å². The summed E-state index contributed by atoms with van der Waals surface area (Å²) in [6.45, 7) is 1.92. The number of hydrogen-bond donors (Lipinski definition) is 3. The first kappa shape index (κ1) is 12.5. The second-order valence-electron chi connectivity index (χ2n) is 4.02. The maximum atomic E-state index is 9.43. The molecular formula is C13H13ClN2O2. The Morgan fingerprint density at radius 3 is 2.39 bits per heavy atom. The number of anilines is 1. The second kappa shape index (κ2) is 5.14. The van der Waals surface area contributed by atoms with Gasteiger partial charge in [-0.2, -0.15) is 0 Å². The number of rotatable bonds is 3. The van der Waals surface area contributed by atoms with Crippen molar-refractivity contribution in [3.63, 3.8) is 0 Å². The lowest BCUT2D eigenvalue weighted by atomic mass is 10.1. The van der Waals surface area contributed by atoms with E-state index in [-0.39, 0.29) is 17.5 Å². The lowest BCUT2D eigenvalue weighted by Gasteiger charge is -2.16. The fourth-order valence-electron chi connectivity index (χ4n) is 1.66. The molecule has 1 unspecified atom stereocenters. The summed E-state index contributed by atoms with van der Waals surface area (Å²) in [7, 11) is 0. The van der Waals surface area contributed by atoms with E-state index < -0.39 is 0 Å². The lowest BCUT2D eigenvalue weighted by molar-refractivity contribution is 0.448. The standard InChI is InChI=1S/C13H13ClN2O2/c1-8(9-4-11(17)6-12(18)5-9)16-10-2-3-13(14)15-7-10/h2-8,16-18H,1H3. The number of hydrogen-bond acceptors (Lipinski definition) is 4. The lowest BCUT2D eigenvalue weighted by Crippen LogP contribution is -2.06. The molecule has 1 aromatic carbocycles. The van der Waals surface area contributed by atoms with Crippen LogP contribution >= 0.6 is 11.6 Å². The molecule has 0 bridgehead atoms. The van der Waals surface area contributed by atoms with Crippen LogP contribution in [0.25, 0.3) is 0 Å². The van der Waals surface area contributed by atoms with Crippen LogP contribution in [0.4, 0.5) is 5.69 Å². The summed E-state index contributed by atoms with van der Waals surface area (Å²) in [5.41, 5.74) is 1.59. The van der Waals surface area contributed by atoms with Gasteiger partial charge >= 0.3 is 0 Å². The van der Waals surface area contributed by atoms with Gasteiger partial charge in [-0.3, -0.25) is 0 Å². The molecule has 0 saturated heterocycles. The van der Waals surface area contributed by atoms with Crippen molar-refractivity contribution in [2.75, 3.05) is 5.32 Å². The van der Waals surface area contributed by atoms with E-state index in [9.17, 15) is 10.2 Å². The summed E-state index contributed by atoms with van der Waals surface area (Å²) in [6.07, 6.45) is 1.63. The average Bonchev–Trinajstić information content (AvgIpc) is 2.31. The van der Waals surface area contributed by atoms with E-state index in [4.69, 9.17) is 11.6 Å². The summed E-state index contributed by atoms with van der Waals surface area (Å²) in [4.78, 5) is 3.97. The Hall–Kier alpha value is -1.94. The summed E-state index contributed by atoms with van der Waals surface area (Å²) >= 11 is 5.70. The smallest absolute Gasteiger partial charge is 0.129 e. The molecular weight excluding hydrogens is 252 g/mol. The predicted octanol–water partition coefficient (Wildman–Crippen LogP) is 3.32. The van der Waals surface area contributed by atoms with E-state index in [1.165, 1.54) is 6.07 Å². The van der Waals surface area contributed by atoms with Crippen LogP contribution in [-0.2, 0) is 0 Å². The Kier molecular flexibility index (Phi) is 3.58. The Morgan fingerprint density at radius 2 is 1.83 bits per heavy atom. The van der Waals surface area contributed by atoms with Gasteiger partial charge in [0, 0.05) is 12.1 Å². The molecule has 1 atom stereocenters. The van der Waals surface area contributed by atoms with Crippen LogP contribution in [0, 0.1) is 0 Å². The first-order chi connectivity index (χ1) is 8.54. The number of halogens is 1. The topological polar surface area (TPSA) is 65.4 Å². The van der Waals surface area contributed by atoms with Gasteiger partial charge in [-0.1, -0.05) is 11.6 Å². The quantitative estimate of drug-likeness (QED) is 0.744. The molecule has 2 aromatic rings. The van der Waals surface area contributed by atoms with Gasteiger partial charge in [-0.25, -0.2) is 4.98 Å². The van der Waals surface area contributed by atoms with Crippen molar-refractivity contribution in [2.45, 2.75) is 13.0 Å². The Bertz CT molecular complexity index is 523. The van der Waals surface area contributed by atoms with Crippen LogP contribution in [0.3, 0.4) is 0 Å². The molecule has 1 aromatic heterocycles. The molecule has 0 aliphatic heterocycles. The Labute approximate surface area is 110 Å². The zero-order valence-corrected chi connectivity index (χ0v) is 10.5. The van der Waals surface area contributed by atoms with E-state index >= 15 is 0 Å². The maximum Gasteiger partial charge on any atom is 0.129 e. The third-order valence-electron chi connectivity index (χ3n) is 2.54. The zero-order chi connectivity index (χ0) is 13.1. The SMILES string of the molecule is CC(Nc1ccc(Cl)nc1)c1cc(O)cc(O)c1. The molecule has 0 fully saturated rings. The first-order valence-corrected chi connectivity index (χ1v) is 5.83. The maximum absolute atomic E-state index is 9.43. The third kappa shape index (κ3) is 3.05. The highest BCUT2D eigenvalue weighted by Gasteiger charge is 2.08. The minimum Gasteiger partial charge on any atom is -0.508 e. The molecule has 5 heteroatoms. The highest BCUT2D eigenvalue weighted by Crippen LogP contribution is 2.26. The molecule has 94 valence electrons. The van der Waals surface area contributed by atoms with Crippen molar-refractivity contribution >= 4 is 17.3 Å². The van der Waals surface area contributed by atoms with Crippen molar-refractivity contribution < 1.29 is 10.2 Å². The molecule has 1 heterocycles. The molecule has 3 N–H and O–H groups in total. The van der Waals surface area contributed by atoms with E-state index in [1.807, 2.05) is 13.0 Å². The van der Waals surface area contributed by atoms with Crippen molar-refractivity contribution in [1.29, 1.82) is 0 Å². The van der Waals surface area contributed by atoms with Crippen molar-refractivity contribution in [3.05, 3.63) is 47.2 Å². The normalized spacial score (nSPS) is 12.1. The van der Waals surface area contributed by atoms with Crippen molar-refractivity contribution in [3.8, 4) is 11.5 Å². The van der Waals surface area contributed by atoms with Crippen LogP contribution < -0.4 is 5.32 Å². The molecule has 0 amide bonds. The minimum absolute atomic E-state index is 0.0351. The number of pyridine rings is 1. The molecule has 4 nitrogen and oxygen atoms in total. The summed E-state index contributed by atoms with van der Waals surface area (Å²) in [5.74, 6) is 0.0702. The van der Waals surface area contributed by atoms with E-state index in [2.05, 4.69) is 10.3 Å². The van der Waals surface area contributed by atoms with Gasteiger partial charge in [-0.05, 0) is 36.8 Å². The monoisotopic (exact) mass is 264 g/mol. The van der Waals surface area contributed by atoms with E-state index in [0.29, 0.717) is 5.15 Å². The number of phenolic OH excluding ortho intramolecular Hbond substituents is 2. The van der Waals surface area contributed by atoms with Crippen LogP contribution in [0.15, 0.2) is 36.5 Å². The molecule has 0 saturated carbocycles. The number of nitrogens with zero attached hydrogens (tertiary/aromatic N) is 1. The Morgan fingerprint density at radius 1 is 1.17 bits per heavy atom. The number of benzene rings is 1. The number of aromatic hydroxyl groups is 2. The van der Waals surface area contributed by atoms with Crippen LogP contribution in [0.5, 0.6) is 11.5 Å². The van der Waals surface area contributed by atoms with Crippen molar-refractivity contribution in [1.82, 2.24) is 4.98 Å². The molecule has 0 spiro atoms. The molecule has 0 aliphatic rings. The second-order valence-corrected chi connectivity index (χ2v) is 4.41.